The molecule has 7 nitrogen and oxygen atoms in total. The predicted octanol–water partition coefficient (Wildman–Crippen LogP) is 3.71. The van der Waals surface area contributed by atoms with E-state index < -0.39 is 5.60 Å². The fourth-order valence-electron chi connectivity index (χ4n) is 2.83. The summed E-state index contributed by atoms with van der Waals surface area (Å²) in [6, 6.07) is 3.57. The Kier molecular flexibility index (Phi) is 5.21. The molecule has 0 bridgehead atoms. The highest BCUT2D eigenvalue weighted by Gasteiger charge is 2.28. The summed E-state index contributed by atoms with van der Waals surface area (Å²) in [4.78, 5) is 22.3. The van der Waals surface area contributed by atoms with Crippen molar-refractivity contribution in [2.24, 2.45) is 0 Å². The van der Waals surface area contributed by atoms with Crippen LogP contribution in [0, 0.1) is 20.8 Å². The van der Waals surface area contributed by atoms with E-state index in [0.717, 1.165) is 16.7 Å². The van der Waals surface area contributed by atoms with Crippen LogP contribution in [0.2, 0.25) is 0 Å². The SMILES string of the molecule is CCOC(=O)c1sc2nc(C)nc(NCC(C)(O)c3ccc(C)o3)c2c1C. The monoisotopic (exact) mass is 389 g/mol. The van der Waals surface area contributed by atoms with E-state index in [1.165, 1.54) is 11.3 Å². The highest BCUT2D eigenvalue weighted by molar-refractivity contribution is 7.20. The third-order valence-corrected chi connectivity index (χ3v) is 5.40. The van der Waals surface area contributed by atoms with Gasteiger partial charge in [0.2, 0.25) is 0 Å². The summed E-state index contributed by atoms with van der Waals surface area (Å²) >= 11 is 1.29. The van der Waals surface area contributed by atoms with E-state index in [1.54, 1.807) is 26.8 Å². The largest absolute Gasteiger partial charge is 0.463 e. The lowest BCUT2D eigenvalue weighted by molar-refractivity contribution is 0.0467. The molecule has 8 heteroatoms. The topological polar surface area (TPSA) is 97.5 Å². The van der Waals surface area contributed by atoms with Gasteiger partial charge in [-0.1, -0.05) is 0 Å². The number of nitrogens with zero attached hydrogens (tertiary/aromatic N) is 2. The molecule has 0 saturated heterocycles. The second-order valence-corrected chi connectivity index (χ2v) is 7.61. The van der Waals surface area contributed by atoms with Crippen LogP contribution in [0.5, 0.6) is 0 Å². The number of nitrogens with one attached hydrogen (secondary N) is 1. The molecule has 3 aromatic heterocycles. The van der Waals surface area contributed by atoms with Crippen LogP contribution < -0.4 is 5.32 Å². The summed E-state index contributed by atoms with van der Waals surface area (Å²) in [5.41, 5.74) is -0.447. The van der Waals surface area contributed by atoms with Crippen LogP contribution in [0.15, 0.2) is 16.5 Å². The van der Waals surface area contributed by atoms with Crippen LogP contribution >= 0.6 is 11.3 Å². The van der Waals surface area contributed by atoms with Gasteiger partial charge in [-0.2, -0.15) is 0 Å². The van der Waals surface area contributed by atoms with Crippen LogP contribution in [0.25, 0.3) is 10.2 Å². The van der Waals surface area contributed by atoms with Crippen molar-refractivity contribution in [3.05, 3.63) is 39.9 Å². The molecule has 144 valence electrons. The van der Waals surface area contributed by atoms with E-state index in [4.69, 9.17) is 9.15 Å². The zero-order valence-corrected chi connectivity index (χ0v) is 16.9. The van der Waals surface area contributed by atoms with Crippen molar-refractivity contribution >= 4 is 33.3 Å². The Morgan fingerprint density at radius 3 is 2.70 bits per heavy atom. The first-order valence-corrected chi connectivity index (χ1v) is 9.52. The highest BCUT2D eigenvalue weighted by atomic mass is 32.1. The molecule has 0 aliphatic rings. The molecule has 0 saturated carbocycles. The fourth-order valence-corrected chi connectivity index (χ4v) is 3.95. The first kappa shape index (κ1) is 19.3. The average molecular weight is 389 g/mol. The summed E-state index contributed by atoms with van der Waals surface area (Å²) in [6.07, 6.45) is 0. The second-order valence-electron chi connectivity index (χ2n) is 6.61. The molecule has 3 aromatic rings. The van der Waals surface area contributed by atoms with Crippen molar-refractivity contribution in [2.75, 3.05) is 18.5 Å². The minimum atomic E-state index is -1.21. The molecule has 2 N–H and O–H groups in total. The zero-order chi connectivity index (χ0) is 19.8. The Bertz CT molecular complexity index is 990. The maximum Gasteiger partial charge on any atom is 0.348 e. The van der Waals surface area contributed by atoms with E-state index in [0.29, 0.717) is 33.7 Å². The van der Waals surface area contributed by atoms with Crippen LogP contribution in [0.4, 0.5) is 5.82 Å². The smallest absolute Gasteiger partial charge is 0.348 e. The number of carbonyl (C=O) groups is 1. The molecule has 0 aliphatic carbocycles. The van der Waals surface area contributed by atoms with Gasteiger partial charge in [0, 0.05) is 0 Å². The van der Waals surface area contributed by atoms with E-state index >= 15 is 0 Å². The lowest BCUT2D eigenvalue weighted by Crippen LogP contribution is -2.30. The van der Waals surface area contributed by atoms with Crippen molar-refractivity contribution in [1.29, 1.82) is 0 Å². The maximum absolute atomic E-state index is 12.2. The van der Waals surface area contributed by atoms with Gasteiger partial charge in [-0.25, -0.2) is 14.8 Å². The number of carbonyl (C=O) groups excluding carboxylic acids is 1. The molecule has 0 radical (unpaired) electrons. The molecule has 0 aromatic carbocycles. The van der Waals surface area contributed by atoms with Crippen LogP contribution in [-0.4, -0.2) is 34.2 Å². The molecule has 1 unspecified atom stereocenters. The number of rotatable bonds is 6. The minimum Gasteiger partial charge on any atom is -0.463 e. The Hall–Kier alpha value is -2.45. The molecule has 0 aliphatic heterocycles. The second kappa shape index (κ2) is 7.28. The maximum atomic E-state index is 12.2. The number of hydrogen-bond acceptors (Lipinski definition) is 8. The van der Waals surface area contributed by atoms with Gasteiger partial charge >= 0.3 is 5.97 Å². The molecule has 0 fully saturated rings. The Labute approximate surface area is 161 Å². The van der Waals surface area contributed by atoms with Gasteiger partial charge in [0.25, 0.3) is 0 Å². The third-order valence-electron chi connectivity index (χ3n) is 4.23. The van der Waals surface area contributed by atoms with Gasteiger partial charge < -0.3 is 19.6 Å². The van der Waals surface area contributed by atoms with Crippen LogP contribution in [-0.2, 0) is 10.3 Å². The van der Waals surface area contributed by atoms with Crippen molar-refractivity contribution in [3.8, 4) is 0 Å². The van der Waals surface area contributed by atoms with E-state index in [2.05, 4.69) is 15.3 Å². The number of furan rings is 1. The third kappa shape index (κ3) is 3.81. The van der Waals surface area contributed by atoms with E-state index in [9.17, 15) is 9.90 Å². The number of aliphatic hydroxyl groups is 1. The number of fused-ring (bicyclic) bond motifs is 1. The molecule has 27 heavy (non-hydrogen) atoms. The van der Waals surface area contributed by atoms with Gasteiger partial charge in [0.1, 0.15) is 38.5 Å². The first-order chi connectivity index (χ1) is 12.7. The van der Waals surface area contributed by atoms with Gasteiger partial charge in [0.15, 0.2) is 0 Å². The average Bonchev–Trinajstić information content (AvgIpc) is 3.17. The normalized spacial score (nSPS) is 13.6. The van der Waals surface area contributed by atoms with Crippen molar-refractivity contribution < 1.29 is 19.1 Å². The Balaban J connectivity index is 1.95. The summed E-state index contributed by atoms with van der Waals surface area (Å²) in [7, 11) is 0. The quantitative estimate of drug-likeness (QED) is 0.620. The molecular formula is C19H23N3O4S. The number of hydrogen-bond donors (Lipinski definition) is 2. The predicted molar refractivity (Wildman–Crippen MR) is 104 cm³/mol. The number of ether oxygens (including phenoxy) is 1. The lowest BCUT2D eigenvalue weighted by Gasteiger charge is -2.22. The minimum absolute atomic E-state index is 0.190. The van der Waals surface area contributed by atoms with Crippen LogP contribution in [0.1, 0.15) is 46.4 Å². The Morgan fingerprint density at radius 2 is 2.07 bits per heavy atom. The summed E-state index contributed by atoms with van der Waals surface area (Å²) in [5, 5.41) is 14.7. The first-order valence-electron chi connectivity index (χ1n) is 8.71. The summed E-state index contributed by atoms with van der Waals surface area (Å²) < 4.78 is 10.7. The number of aromatic nitrogens is 2. The number of aryl methyl sites for hydroxylation is 3. The summed E-state index contributed by atoms with van der Waals surface area (Å²) in [5.74, 6) is 2.00. The van der Waals surface area contributed by atoms with Crippen molar-refractivity contribution in [2.45, 2.75) is 40.2 Å². The molecule has 0 amide bonds. The molecule has 0 spiro atoms. The lowest BCUT2D eigenvalue weighted by atomic mass is 10.0. The summed E-state index contributed by atoms with van der Waals surface area (Å²) in [6.45, 7) is 9.42. The Morgan fingerprint density at radius 1 is 1.33 bits per heavy atom. The standard InChI is InChI=1S/C19H23N3O4S/c1-6-25-18(23)15-11(3)14-16(21-12(4)22-17(14)27-15)20-9-19(5,24)13-8-7-10(2)26-13/h7-8,24H,6,9H2,1-5H3,(H,20,21,22). The number of anilines is 1. The molecular weight excluding hydrogens is 366 g/mol. The van der Waals surface area contributed by atoms with Gasteiger partial charge in [-0.3, -0.25) is 0 Å². The number of thiophene rings is 1. The highest BCUT2D eigenvalue weighted by Crippen LogP contribution is 2.35. The van der Waals surface area contributed by atoms with Crippen molar-refractivity contribution in [3.63, 3.8) is 0 Å². The molecule has 3 rings (SSSR count). The number of esters is 1. The molecule has 1 atom stereocenters. The van der Waals surface area contributed by atoms with E-state index in [-0.39, 0.29) is 12.5 Å². The van der Waals surface area contributed by atoms with Crippen molar-refractivity contribution in [1.82, 2.24) is 9.97 Å². The molecule has 3 heterocycles. The van der Waals surface area contributed by atoms with E-state index in [1.807, 2.05) is 19.9 Å². The van der Waals surface area contributed by atoms with Gasteiger partial charge in [0.05, 0.1) is 18.5 Å². The van der Waals surface area contributed by atoms with Gasteiger partial charge in [-0.15, -0.1) is 11.3 Å². The fraction of sp³-hybridized carbons (Fsp3) is 0.421. The zero-order valence-electron chi connectivity index (χ0n) is 16.0. The van der Waals surface area contributed by atoms with Crippen LogP contribution in [0.3, 0.4) is 0 Å². The van der Waals surface area contributed by atoms with Gasteiger partial charge in [-0.05, 0) is 52.3 Å².